The third kappa shape index (κ3) is 5.32. The molecule has 146 valence electrons. The van der Waals surface area contributed by atoms with Crippen LogP contribution in [0.3, 0.4) is 0 Å². The van der Waals surface area contributed by atoms with E-state index in [1.54, 1.807) is 6.20 Å². The SMILES string of the molecule is CCn1cc(CNC(=O)N(CC(O)c2ccccc2)C2CCCCC2)cn1. The smallest absolute Gasteiger partial charge is 0.318 e. The third-order valence-electron chi connectivity index (χ3n) is 5.28. The van der Waals surface area contributed by atoms with Gasteiger partial charge >= 0.3 is 6.03 Å². The van der Waals surface area contributed by atoms with Crippen LogP contribution in [-0.2, 0) is 13.1 Å². The second kappa shape index (κ2) is 9.55. The van der Waals surface area contributed by atoms with Gasteiger partial charge in [-0.05, 0) is 25.3 Å². The highest BCUT2D eigenvalue weighted by atomic mass is 16.3. The van der Waals surface area contributed by atoms with E-state index in [2.05, 4.69) is 10.4 Å². The first-order chi connectivity index (χ1) is 13.2. The number of hydrogen-bond acceptors (Lipinski definition) is 3. The number of benzene rings is 1. The van der Waals surface area contributed by atoms with E-state index in [9.17, 15) is 9.90 Å². The van der Waals surface area contributed by atoms with Gasteiger partial charge in [-0.1, -0.05) is 49.6 Å². The molecule has 1 aromatic heterocycles. The van der Waals surface area contributed by atoms with Gasteiger partial charge in [-0.3, -0.25) is 4.68 Å². The second-order valence-electron chi connectivity index (χ2n) is 7.23. The normalized spacial score (nSPS) is 16.1. The van der Waals surface area contributed by atoms with Crippen LogP contribution in [0.1, 0.15) is 56.3 Å². The Morgan fingerprint density at radius 3 is 2.70 bits per heavy atom. The predicted molar refractivity (Wildman–Crippen MR) is 105 cm³/mol. The largest absolute Gasteiger partial charge is 0.387 e. The highest BCUT2D eigenvalue weighted by Gasteiger charge is 2.27. The number of nitrogens with zero attached hydrogens (tertiary/aromatic N) is 3. The van der Waals surface area contributed by atoms with Gasteiger partial charge in [0.15, 0.2) is 0 Å². The summed E-state index contributed by atoms with van der Waals surface area (Å²) in [5.74, 6) is 0. The van der Waals surface area contributed by atoms with Crippen molar-refractivity contribution in [2.75, 3.05) is 6.54 Å². The number of aliphatic hydroxyl groups is 1. The van der Waals surface area contributed by atoms with Crippen molar-refractivity contribution in [2.24, 2.45) is 0 Å². The van der Waals surface area contributed by atoms with Crippen molar-refractivity contribution < 1.29 is 9.90 Å². The first kappa shape index (κ1) is 19.4. The minimum Gasteiger partial charge on any atom is -0.387 e. The molecule has 1 aromatic carbocycles. The van der Waals surface area contributed by atoms with Crippen LogP contribution < -0.4 is 5.32 Å². The molecule has 27 heavy (non-hydrogen) atoms. The molecule has 0 bridgehead atoms. The summed E-state index contributed by atoms with van der Waals surface area (Å²) in [5, 5.41) is 17.9. The van der Waals surface area contributed by atoms with Gasteiger partial charge in [0.1, 0.15) is 0 Å². The number of hydrogen-bond donors (Lipinski definition) is 2. The van der Waals surface area contributed by atoms with Crippen LogP contribution >= 0.6 is 0 Å². The number of amides is 2. The maximum absolute atomic E-state index is 12.9. The molecule has 3 rings (SSSR count). The molecule has 0 saturated heterocycles. The van der Waals surface area contributed by atoms with E-state index in [1.165, 1.54) is 6.42 Å². The van der Waals surface area contributed by atoms with Crippen molar-refractivity contribution in [3.63, 3.8) is 0 Å². The van der Waals surface area contributed by atoms with Crippen LogP contribution in [0.4, 0.5) is 4.79 Å². The number of aromatic nitrogens is 2. The quantitative estimate of drug-likeness (QED) is 0.784. The van der Waals surface area contributed by atoms with E-state index in [-0.39, 0.29) is 12.1 Å². The van der Waals surface area contributed by atoms with Crippen LogP contribution in [0.25, 0.3) is 0 Å². The van der Waals surface area contributed by atoms with Crippen molar-refractivity contribution >= 4 is 6.03 Å². The van der Waals surface area contributed by atoms with Crippen LogP contribution in [0.15, 0.2) is 42.7 Å². The summed E-state index contributed by atoms with van der Waals surface area (Å²) in [6.07, 6.45) is 8.56. The predicted octanol–water partition coefficient (Wildman–Crippen LogP) is 3.48. The molecule has 6 heteroatoms. The molecule has 1 unspecified atom stereocenters. The summed E-state index contributed by atoms with van der Waals surface area (Å²) >= 11 is 0. The lowest BCUT2D eigenvalue weighted by molar-refractivity contribution is 0.0900. The van der Waals surface area contributed by atoms with Crippen LogP contribution in [0.2, 0.25) is 0 Å². The molecule has 0 aliphatic heterocycles. The number of nitrogens with one attached hydrogen (secondary N) is 1. The Bertz CT molecular complexity index is 710. The molecular formula is C21H30N4O2. The highest BCUT2D eigenvalue weighted by Crippen LogP contribution is 2.25. The summed E-state index contributed by atoms with van der Waals surface area (Å²) in [5.41, 5.74) is 1.83. The molecule has 0 radical (unpaired) electrons. The zero-order chi connectivity index (χ0) is 19.1. The van der Waals surface area contributed by atoms with Gasteiger partial charge in [-0.25, -0.2) is 4.79 Å². The molecule has 6 nitrogen and oxygen atoms in total. The summed E-state index contributed by atoms with van der Waals surface area (Å²) in [6.45, 7) is 3.61. The van der Waals surface area contributed by atoms with Crippen LogP contribution in [-0.4, -0.2) is 38.4 Å². The van der Waals surface area contributed by atoms with E-state index >= 15 is 0 Å². The zero-order valence-electron chi connectivity index (χ0n) is 16.1. The Kier molecular flexibility index (Phi) is 6.87. The summed E-state index contributed by atoms with van der Waals surface area (Å²) in [7, 11) is 0. The number of urea groups is 1. The van der Waals surface area contributed by atoms with Gasteiger partial charge in [0.25, 0.3) is 0 Å². The Balaban J connectivity index is 1.65. The first-order valence-electron chi connectivity index (χ1n) is 9.96. The Hall–Kier alpha value is -2.34. The fourth-order valence-corrected chi connectivity index (χ4v) is 3.71. The van der Waals surface area contributed by atoms with E-state index in [1.807, 2.05) is 53.0 Å². The van der Waals surface area contributed by atoms with Crippen LogP contribution in [0.5, 0.6) is 0 Å². The van der Waals surface area contributed by atoms with E-state index in [0.29, 0.717) is 13.1 Å². The molecule has 2 N–H and O–H groups in total. The molecule has 1 saturated carbocycles. The maximum Gasteiger partial charge on any atom is 0.318 e. The van der Waals surface area contributed by atoms with E-state index < -0.39 is 6.10 Å². The molecular weight excluding hydrogens is 340 g/mol. The fraction of sp³-hybridized carbons (Fsp3) is 0.524. The van der Waals surface area contributed by atoms with E-state index in [0.717, 1.165) is 43.4 Å². The maximum atomic E-state index is 12.9. The van der Waals surface area contributed by atoms with Crippen molar-refractivity contribution in [3.05, 3.63) is 53.9 Å². The Morgan fingerprint density at radius 2 is 2.04 bits per heavy atom. The molecule has 2 aromatic rings. The Morgan fingerprint density at radius 1 is 1.30 bits per heavy atom. The number of carbonyl (C=O) groups is 1. The molecule has 1 heterocycles. The van der Waals surface area contributed by atoms with Gasteiger partial charge < -0.3 is 15.3 Å². The molecule has 1 aliphatic rings. The summed E-state index contributed by atoms with van der Waals surface area (Å²) in [6, 6.07) is 9.64. The van der Waals surface area contributed by atoms with Crippen molar-refractivity contribution in [3.8, 4) is 0 Å². The van der Waals surface area contributed by atoms with Gasteiger partial charge in [0.2, 0.25) is 0 Å². The summed E-state index contributed by atoms with van der Waals surface area (Å²) in [4.78, 5) is 14.8. The molecule has 1 aliphatic carbocycles. The second-order valence-corrected chi connectivity index (χ2v) is 7.23. The highest BCUT2D eigenvalue weighted by molar-refractivity contribution is 5.74. The van der Waals surface area contributed by atoms with Crippen molar-refractivity contribution in [1.82, 2.24) is 20.0 Å². The minimum absolute atomic E-state index is 0.110. The lowest BCUT2D eigenvalue weighted by atomic mass is 9.94. The standard InChI is InChI=1S/C21H30N4O2/c1-2-24-15-17(14-23-24)13-22-21(27)25(19-11-7-4-8-12-19)16-20(26)18-9-5-3-6-10-18/h3,5-6,9-10,14-15,19-20,26H,2,4,7-8,11-13,16H2,1H3,(H,22,27). The topological polar surface area (TPSA) is 70.4 Å². The van der Waals surface area contributed by atoms with Gasteiger partial charge in [0.05, 0.1) is 18.8 Å². The fourth-order valence-electron chi connectivity index (χ4n) is 3.71. The van der Waals surface area contributed by atoms with Crippen molar-refractivity contribution in [1.29, 1.82) is 0 Å². The number of aryl methyl sites for hydroxylation is 1. The molecule has 1 atom stereocenters. The van der Waals surface area contributed by atoms with Gasteiger partial charge in [0, 0.05) is 30.9 Å². The molecule has 1 fully saturated rings. The van der Waals surface area contributed by atoms with Gasteiger partial charge in [-0.15, -0.1) is 0 Å². The van der Waals surface area contributed by atoms with Gasteiger partial charge in [-0.2, -0.15) is 5.10 Å². The van der Waals surface area contributed by atoms with E-state index in [4.69, 9.17) is 0 Å². The lowest BCUT2D eigenvalue weighted by Crippen LogP contribution is -2.48. The molecule has 0 spiro atoms. The average molecular weight is 370 g/mol. The monoisotopic (exact) mass is 370 g/mol. The summed E-state index contributed by atoms with van der Waals surface area (Å²) < 4.78 is 1.85. The Labute approximate surface area is 161 Å². The van der Waals surface area contributed by atoms with Crippen molar-refractivity contribution in [2.45, 2.75) is 64.3 Å². The zero-order valence-corrected chi connectivity index (χ0v) is 16.1. The number of carbonyl (C=O) groups excluding carboxylic acids is 1. The van der Waals surface area contributed by atoms with Crippen LogP contribution in [0, 0.1) is 0 Å². The molecule has 2 amide bonds. The number of rotatable bonds is 7. The first-order valence-corrected chi connectivity index (χ1v) is 9.96. The third-order valence-corrected chi connectivity index (χ3v) is 5.28. The average Bonchev–Trinajstić information content (AvgIpc) is 3.19. The number of aliphatic hydroxyl groups excluding tert-OH is 1. The lowest BCUT2D eigenvalue weighted by Gasteiger charge is -2.35. The minimum atomic E-state index is -0.679.